The number of halogens is 2. The zero-order valence-electron chi connectivity index (χ0n) is 6.15. The first-order valence-electron chi connectivity index (χ1n) is 3.18. The van der Waals surface area contributed by atoms with E-state index in [0.29, 0.717) is 0 Å². The second kappa shape index (κ2) is 16.0. The van der Waals surface area contributed by atoms with Crippen LogP contribution >= 0.6 is 23.2 Å². The lowest BCUT2D eigenvalue weighted by molar-refractivity contribution is 0.899. The number of rotatable bonds is 4. The van der Waals surface area contributed by atoms with Gasteiger partial charge in [0.25, 0.3) is 0 Å². The summed E-state index contributed by atoms with van der Waals surface area (Å²) in [5.41, 5.74) is 0. The Labute approximate surface area is 73.5 Å². The van der Waals surface area contributed by atoms with Crippen molar-refractivity contribution in [2.45, 2.75) is 12.8 Å². The average Bonchev–Trinajstić information content (AvgIpc) is 2.01. The van der Waals surface area contributed by atoms with Gasteiger partial charge in [-0.3, -0.25) is 0 Å². The van der Waals surface area contributed by atoms with Crippen molar-refractivity contribution in [3.63, 3.8) is 0 Å². The molecule has 0 aromatic carbocycles. The highest BCUT2D eigenvalue weighted by atomic mass is 35.5. The molecule has 0 heterocycles. The van der Waals surface area contributed by atoms with Crippen LogP contribution in [-0.4, -0.2) is 11.8 Å². The van der Waals surface area contributed by atoms with Gasteiger partial charge in [-0.1, -0.05) is 25.3 Å². The largest absolute Gasteiger partial charge is 0.127 e. The second-order valence-electron chi connectivity index (χ2n) is 1.56. The monoisotopic (exact) mass is 180 g/mol. The molecule has 0 aliphatic rings. The third kappa shape index (κ3) is 24.4. The van der Waals surface area contributed by atoms with Gasteiger partial charge < -0.3 is 0 Å². The molecule has 0 aliphatic heterocycles. The van der Waals surface area contributed by atoms with Gasteiger partial charge in [0.2, 0.25) is 0 Å². The molecule has 0 saturated heterocycles. The Morgan fingerprint density at radius 3 is 1.30 bits per heavy atom. The van der Waals surface area contributed by atoms with Crippen LogP contribution in [0.25, 0.3) is 0 Å². The second-order valence-corrected chi connectivity index (χ2v) is 2.31. The summed E-state index contributed by atoms with van der Waals surface area (Å²) in [6.45, 7) is 6.72. The van der Waals surface area contributed by atoms with Crippen LogP contribution in [0, 0.1) is 0 Å². The van der Waals surface area contributed by atoms with Gasteiger partial charge in [-0.05, 0) is 12.8 Å². The van der Waals surface area contributed by atoms with E-state index in [-0.39, 0.29) is 0 Å². The molecule has 0 N–H and O–H groups in total. The van der Waals surface area contributed by atoms with Gasteiger partial charge in [0.05, 0.1) is 0 Å². The van der Waals surface area contributed by atoms with Crippen molar-refractivity contribution in [2.24, 2.45) is 0 Å². The van der Waals surface area contributed by atoms with E-state index in [1.165, 1.54) is 0 Å². The number of hydrogen-bond donors (Lipinski definition) is 0. The first-order chi connectivity index (χ1) is 4.83. The lowest BCUT2D eigenvalue weighted by Crippen LogP contribution is -1.74. The molecular weight excluding hydrogens is 167 g/mol. The van der Waals surface area contributed by atoms with Gasteiger partial charge in [-0.25, -0.2) is 0 Å². The van der Waals surface area contributed by atoms with Crippen LogP contribution in [0.3, 0.4) is 0 Å². The Kier molecular flexibility index (Phi) is 20.4. The summed E-state index contributed by atoms with van der Waals surface area (Å²) in [6.07, 6.45) is 5.37. The van der Waals surface area contributed by atoms with Crippen LogP contribution < -0.4 is 0 Å². The van der Waals surface area contributed by atoms with E-state index in [1.807, 2.05) is 0 Å². The van der Waals surface area contributed by atoms with Crippen LogP contribution in [-0.2, 0) is 0 Å². The molecule has 0 fully saturated rings. The molecule has 0 atom stereocenters. The molecule has 0 bridgehead atoms. The zero-order valence-corrected chi connectivity index (χ0v) is 7.67. The van der Waals surface area contributed by atoms with E-state index >= 15 is 0 Å². The van der Waals surface area contributed by atoms with Crippen molar-refractivity contribution in [1.29, 1.82) is 0 Å². The predicted molar refractivity (Wildman–Crippen MR) is 51.1 cm³/mol. The molecule has 2 heteroatoms. The van der Waals surface area contributed by atoms with Gasteiger partial charge in [0, 0.05) is 11.8 Å². The Morgan fingerprint density at radius 2 is 1.20 bits per heavy atom. The molecule has 60 valence electrons. The Hall–Kier alpha value is 0.0600. The van der Waals surface area contributed by atoms with E-state index < -0.39 is 0 Å². The first-order valence-corrected chi connectivity index (χ1v) is 4.25. The summed E-state index contributed by atoms with van der Waals surface area (Å²) in [6, 6.07) is 0. The SMILES string of the molecule is C=CC=C.ClCCCCCl. The average molecular weight is 181 g/mol. The van der Waals surface area contributed by atoms with Crippen molar-refractivity contribution in [2.75, 3.05) is 11.8 Å². The molecule has 0 rings (SSSR count). The molecule has 0 radical (unpaired) electrons. The molecule has 10 heavy (non-hydrogen) atoms. The topological polar surface area (TPSA) is 0 Å². The van der Waals surface area contributed by atoms with Gasteiger partial charge >= 0.3 is 0 Å². The molecule has 0 unspecified atom stereocenters. The number of allylic oxidation sites excluding steroid dienone is 2. The summed E-state index contributed by atoms with van der Waals surface area (Å²) in [7, 11) is 0. The molecular formula is C8H14Cl2. The summed E-state index contributed by atoms with van der Waals surface area (Å²) >= 11 is 10.6. The van der Waals surface area contributed by atoms with Gasteiger partial charge in [0.15, 0.2) is 0 Å². The van der Waals surface area contributed by atoms with E-state index in [4.69, 9.17) is 23.2 Å². The Bertz CT molecular complexity index is 59.7. The van der Waals surface area contributed by atoms with Crippen LogP contribution in [0.5, 0.6) is 0 Å². The highest BCUT2D eigenvalue weighted by Gasteiger charge is 1.78. The van der Waals surface area contributed by atoms with E-state index in [9.17, 15) is 0 Å². The minimum absolute atomic E-state index is 0.743. The smallest absolute Gasteiger partial charge is 0.0223 e. The van der Waals surface area contributed by atoms with Crippen LogP contribution in [0.15, 0.2) is 25.3 Å². The van der Waals surface area contributed by atoms with Crippen molar-refractivity contribution in [1.82, 2.24) is 0 Å². The first kappa shape index (κ1) is 12.7. The number of unbranched alkanes of at least 4 members (excludes halogenated alkanes) is 1. The standard InChI is InChI=1S/C4H8Cl2.C4H6/c5-3-1-2-4-6;1-3-4-2/h1-4H2;3-4H,1-2H2. The number of alkyl halides is 2. The molecule has 0 amide bonds. The minimum atomic E-state index is 0.743. The molecule has 0 spiro atoms. The van der Waals surface area contributed by atoms with Crippen molar-refractivity contribution in [3.05, 3.63) is 25.3 Å². The van der Waals surface area contributed by atoms with Crippen molar-refractivity contribution in [3.8, 4) is 0 Å². The molecule has 0 saturated carbocycles. The summed E-state index contributed by atoms with van der Waals surface area (Å²) < 4.78 is 0. The molecule has 0 nitrogen and oxygen atoms in total. The quantitative estimate of drug-likeness (QED) is 0.353. The normalized spacial score (nSPS) is 7.40. The molecule has 0 aromatic heterocycles. The minimum Gasteiger partial charge on any atom is -0.127 e. The highest BCUT2D eigenvalue weighted by molar-refractivity contribution is 6.18. The van der Waals surface area contributed by atoms with Crippen LogP contribution in [0.2, 0.25) is 0 Å². The lowest BCUT2D eigenvalue weighted by atomic mass is 10.4. The van der Waals surface area contributed by atoms with Crippen molar-refractivity contribution >= 4 is 23.2 Å². The summed E-state index contributed by atoms with van der Waals surface area (Å²) in [5, 5.41) is 0. The molecule has 0 aromatic rings. The zero-order chi connectivity index (χ0) is 8.24. The summed E-state index contributed by atoms with van der Waals surface area (Å²) in [5.74, 6) is 1.49. The van der Waals surface area contributed by atoms with E-state index in [2.05, 4.69) is 13.2 Å². The van der Waals surface area contributed by atoms with Crippen LogP contribution in [0.1, 0.15) is 12.8 Å². The number of hydrogen-bond acceptors (Lipinski definition) is 0. The van der Waals surface area contributed by atoms with E-state index in [1.54, 1.807) is 12.2 Å². The maximum Gasteiger partial charge on any atom is 0.0223 e. The lowest BCUT2D eigenvalue weighted by Gasteiger charge is -1.83. The molecule has 0 aliphatic carbocycles. The fraction of sp³-hybridized carbons (Fsp3) is 0.500. The maximum atomic E-state index is 5.32. The predicted octanol–water partition coefficient (Wildman–Crippen LogP) is 3.60. The maximum absolute atomic E-state index is 5.32. The summed E-state index contributed by atoms with van der Waals surface area (Å²) in [4.78, 5) is 0. The Morgan fingerprint density at radius 1 is 0.900 bits per heavy atom. The van der Waals surface area contributed by atoms with E-state index in [0.717, 1.165) is 24.6 Å². The van der Waals surface area contributed by atoms with Crippen molar-refractivity contribution < 1.29 is 0 Å². The van der Waals surface area contributed by atoms with Crippen LogP contribution in [0.4, 0.5) is 0 Å². The Balaban J connectivity index is 0. The fourth-order valence-electron chi connectivity index (χ4n) is 0.189. The fourth-order valence-corrected chi connectivity index (χ4v) is 0.567. The van der Waals surface area contributed by atoms with Gasteiger partial charge in [-0.2, -0.15) is 0 Å². The van der Waals surface area contributed by atoms with Gasteiger partial charge in [0.1, 0.15) is 0 Å². The third-order valence-electron chi connectivity index (χ3n) is 0.684. The van der Waals surface area contributed by atoms with Gasteiger partial charge in [-0.15, -0.1) is 23.2 Å². The highest BCUT2D eigenvalue weighted by Crippen LogP contribution is 1.92. The third-order valence-corrected chi connectivity index (χ3v) is 1.22.